The zero-order valence-corrected chi connectivity index (χ0v) is 8.89. The van der Waals surface area contributed by atoms with Gasteiger partial charge in [0.15, 0.2) is 0 Å². The Morgan fingerprint density at radius 3 is 2.75 bits per heavy atom. The van der Waals surface area contributed by atoms with Crippen molar-refractivity contribution in [3.05, 3.63) is 29.6 Å². The minimum absolute atomic E-state index is 0.256. The minimum Gasteiger partial charge on any atom is -0.480 e. The van der Waals surface area contributed by atoms with Gasteiger partial charge in [0.1, 0.15) is 0 Å². The number of hydrogen-bond donors (Lipinski definition) is 1. The van der Waals surface area contributed by atoms with Crippen LogP contribution in [0.25, 0.3) is 10.9 Å². The van der Waals surface area contributed by atoms with Crippen LogP contribution in [0.4, 0.5) is 0 Å². The fourth-order valence-electron chi connectivity index (χ4n) is 1.47. The Bertz CT molecular complexity index is 566. The van der Waals surface area contributed by atoms with E-state index >= 15 is 0 Å². The molecule has 0 saturated carbocycles. The van der Waals surface area contributed by atoms with Crippen LogP contribution in [0.3, 0.4) is 0 Å². The molecule has 0 unspecified atom stereocenters. The van der Waals surface area contributed by atoms with E-state index in [4.69, 9.17) is 9.84 Å². The first-order valence-electron chi connectivity index (χ1n) is 4.67. The van der Waals surface area contributed by atoms with Crippen LogP contribution in [-0.2, 0) is 0 Å². The van der Waals surface area contributed by atoms with Crippen molar-refractivity contribution in [2.75, 3.05) is 7.11 Å². The highest BCUT2D eigenvalue weighted by atomic mass is 16.5. The number of hydrogen-bond acceptors (Lipinski definition) is 4. The van der Waals surface area contributed by atoms with Crippen LogP contribution >= 0.6 is 0 Å². The van der Waals surface area contributed by atoms with Gasteiger partial charge in [-0.05, 0) is 19.1 Å². The van der Waals surface area contributed by atoms with Crippen molar-refractivity contribution in [3.8, 4) is 5.88 Å². The molecule has 0 amide bonds. The van der Waals surface area contributed by atoms with Gasteiger partial charge >= 0.3 is 5.97 Å². The zero-order valence-electron chi connectivity index (χ0n) is 8.89. The second-order valence-electron chi connectivity index (χ2n) is 3.38. The lowest BCUT2D eigenvalue weighted by Crippen LogP contribution is -2.06. The molecule has 5 heteroatoms. The van der Waals surface area contributed by atoms with Gasteiger partial charge in [-0.2, -0.15) is 4.98 Å². The summed E-state index contributed by atoms with van der Waals surface area (Å²) in [7, 11) is 1.45. The number of carboxylic acids is 1. The fraction of sp³-hybridized carbons (Fsp3) is 0.182. The molecular formula is C11H10N2O3. The Kier molecular flexibility index (Phi) is 2.44. The number of rotatable bonds is 2. The molecule has 0 saturated heterocycles. The van der Waals surface area contributed by atoms with Gasteiger partial charge in [-0.15, -0.1) is 0 Å². The first-order chi connectivity index (χ1) is 7.61. The van der Waals surface area contributed by atoms with Crippen molar-refractivity contribution in [1.82, 2.24) is 9.97 Å². The monoisotopic (exact) mass is 218 g/mol. The molecule has 1 N–H and O–H groups in total. The average Bonchev–Trinajstić information content (AvgIpc) is 2.27. The molecule has 0 spiro atoms. The highest BCUT2D eigenvalue weighted by Crippen LogP contribution is 2.23. The third-order valence-electron chi connectivity index (χ3n) is 2.20. The van der Waals surface area contributed by atoms with Crippen LogP contribution in [-0.4, -0.2) is 28.2 Å². The van der Waals surface area contributed by atoms with Crippen molar-refractivity contribution in [1.29, 1.82) is 0 Å². The molecule has 0 atom stereocenters. The maximum atomic E-state index is 10.8. The SMILES string of the molecule is COc1nc(C(=O)O)nc2ccc(C)cc12. The summed E-state index contributed by atoms with van der Waals surface area (Å²) >= 11 is 0. The molecule has 82 valence electrons. The molecule has 1 aromatic heterocycles. The van der Waals surface area contributed by atoms with Crippen LogP contribution in [0.15, 0.2) is 18.2 Å². The van der Waals surface area contributed by atoms with Gasteiger partial charge in [-0.25, -0.2) is 9.78 Å². The topological polar surface area (TPSA) is 72.3 Å². The van der Waals surface area contributed by atoms with Crippen molar-refractivity contribution in [3.63, 3.8) is 0 Å². The number of methoxy groups -OCH3 is 1. The molecule has 0 aliphatic rings. The van der Waals surface area contributed by atoms with Crippen LogP contribution in [0.1, 0.15) is 16.2 Å². The molecule has 5 nitrogen and oxygen atoms in total. The van der Waals surface area contributed by atoms with E-state index in [2.05, 4.69) is 9.97 Å². The van der Waals surface area contributed by atoms with E-state index in [1.54, 1.807) is 6.07 Å². The largest absolute Gasteiger partial charge is 0.480 e. The van der Waals surface area contributed by atoms with E-state index < -0.39 is 5.97 Å². The maximum Gasteiger partial charge on any atom is 0.374 e. The van der Waals surface area contributed by atoms with Gasteiger partial charge in [0.05, 0.1) is 18.0 Å². The summed E-state index contributed by atoms with van der Waals surface area (Å²) in [5.41, 5.74) is 1.60. The van der Waals surface area contributed by atoms with E-state index in [1.165, 1.54) is 7.11 Å². The highest BCUT2D eigenvalue weighted by Gasteiger charge is 2.12. The molecule has 2 rings (SSSR count). The van der Waals surface area contributed by atoms with Gasteiger partial charge < -0.3 is 9.84 Å². The number of nitrogens with zero attached hydrogens (tertiary/aromatic N) is 2. The molecule has 1 aromatic carbocycles. The summed E-state index contributed by atoms with van der Waals surface area (Å²) in [4.78, 5) is 18.6. The van der Waals surface area contributed by atoms with Crippen LogP contribution in [0.2, 0.25) is 0 Å². The summed E-state index contributed by atoms with van der Waals surface area (Å²) < 4.78 is 5.06. The lowest BCUT2D eigenvalue weighted by molar-refractivity contribution is 0.0683. The van der Waals surface area contributed by atoms with Gasteiger partial charge in [0.25, 0.3) is 0 Å². The summed E-state index contributed by atoms with van der Waals surface area (Å²) in [6.45, 7) is 1.93. The Morgan fingerprint density at radius 2 is 2.12 bits per heavy atom. The zero-order chi connectivity index (χ0) is 11.7. The molecule has 0 bridgehead atoms. The van der Waals surface area contributed by atoms with E-state index in [0.29, 0.717) is 10.9 Å². The van der Waals surface area contributed by atoms with Crippen LogP contribution in [0.5, 0.6) is 5.88 Å². The van der Waals surface area contributed by atoms with Crippen molar-refractivity contribution in [2.24, 2.45) is 0 Å². The number of fused-ring (bicyclic) bond motifs is 1. The molecule has 1 heterocycles. The van der Waals surface area contributed by atoms with Gasteiger partial charge in [0.2, 0.25) is 11.7 Å². The summed E-state index contributed by atoms with van der Waals surface area (Å²) in [6.07, 6.45) is 0. The Hall–Kier alpha value is -2.17. The molecule has 0 aliphatic heterocycles. The number of carbonyl (C=O) groups is 1. The normalized spacial score (nSPS) is 10.4. The molecule has 0 fully saturated rings. The van der Waals surface area contributed by atoms with Gasteiger partial charge in [-0.1, -0.05) is 11.6 Å². The van der Waals surface area contributed by atoms with E-state index in [-0.39, 0.29) is 11.7 Å². The van der Waals surface area contributed by atoms with Crippen molar-refractivity contribution < 1.29 is 14.6 Å². The van der Waals surface area contributed by atoms with E-state index in [9.17, 15) is 4.79 Å². The number of benzene rings is 1. The molecular weight excluding hydrogens is 208 g/mol. The quantitative estimate of drug-likeness (QED) is 0.829. The fourth-order valence-corrected chi connectivity index (χ4v) is 1.47. The van der Waals surface area contributed by atoms with Crippen LogP contribution in [0, 0.1) is 6.92 Å². The molecule has 16 heavy (non-hydrogen) atoms. The predicted octanol–water partition coefficient (Wildman–Crippen LogP) is 1.65. The third kappa shape index (κ3) is 1.67. The van der Waals surface area contributed by atoms with Crippen molar-refractivity contribution >= 4 is 16.9 Å². The Morgan fingerprint density at radius 1 is 1.38 bits per heavy atom. The van der Waals surface area contributed by atoms with Crippen molar-refractivity contribution in [2.45, 2.75) is 6.92 Å². The number of aryl methyl sites for hydroxylation is 1. The minimum atomic E-state index is -1.17. The summed E-state index contributed by atoms with van der Waals surface area (Å²) in [6, 6.07) is 5.47. The first kappa shape index (κ1) is 10.4. The smallest absolute Gasteiger partial charge is 0.374 e. The number of aromatic carboxylic acids is 1. The number of aromatic nitrogens is 2. The Labute approximate surface area is 91.7 Å². The lowest BCUT2D eigenvalue weighted by Gasteiger charge is -2.05. The lowest BCUT2D eigenvalue weighted by atomic mass is 10.1. The first-order valence-corrected chi connectivity index (χ1v) is 4.67. The number of ether oxygens (including phenoxy) is 1. The third-order valence-corrected chi connectivity index (χ3v) is 2.20. The summed E-state index contributed by atoms with van der Waals surface area (Å²) in [5, 5.41) is 9.55. The number of carboxylic acid groups (broad SMARTS) is 1. The van der Waals surface area contributed by atoms with Gasteiger partial charge in [-0.3, -0.25) is 0 Å². The Balaban J connectivity index is 2.78. The maximum absolute atomic E-state index is 10.8. The summed E-state index contributed by atoms with van der Waals surface area (Å²) in [5.74, 6) is -1.14. The van der Waals surface area contributed by atoms with Crippen LogP contribution < -0.4 is 4.74 Å². The molecule has 2 aromatic rings. The second-order valence-corrected chi connectivity index (χ2v) is 3.38. The standard InChI is InChI=1S/C11H10N2O3/c1-6-3-4-8-7(5-6)10(16-2)13-9(12-8)11(14)15/h3-5H,1-2H3,(H,14,15). The van der Waals surface area contributed by atoms with Gasteiger partial charge in [0, 0.05) is 0 Å². The van der Waals surface area contributed by atoms with E-state index in [0.717, 1.165) is 5.56 Å². The predicted molar refractivity (Wildman–Crippen MR) is 57.8 cm³/mol. The highest BCUT2D eigenvalue weighted by molar-refractivity contribution is 5.90. The molecule has 0 aliphatic carbocycles. The second kappa shape index (κ2) is 3.77. The molecule has 0 radical (unpaired) electrons. The van der Waals surface area contributed by atoms with E-state index in [1.807, 2.05) is 19.1 Å². The average molecular weight is 218 g/mol.